The Labute approximate surface area is 200 Å². The van der Waals surface area contributed by atoms with Crippen molar-refractivity contribution in [3.8, 4) is 11.3 Å². The SMILES string of the molecule is O=C(O)C(c1c(-c2ccccc2)[nH]c2ccccc12)N1CCN(C/C=C/c2ccccc2)CC1. The maximum atomic E-state index is 12.7. The van der Waals surface area contributed by atoms with Crippen LogP contribution in [-0.4, -0.2) is 58.6 Å². The minimum absolute atomic E-state index is 0.701. The summed E-state index contributed by atoms with van der Waals surface area (Å²) in [6.07, 6.45) is 4.33. The maximum absolute atomic E-state index is 12.7. The van der Waals surface area contributed by atoms with Crippen molar-refractivity contribution in [1.82, 2.24) is 14.8 Å². The number of carboxylic acids is 1. The van der Waals surface area contributed by atoms with Crippen molar-refractivity contribution in [2.45, 2.75) is 6.04 Å². The summed E-state index contributed by atoms with van der Waals surface area (Å²) < 4.78 is 0. The van der Waals surface area contributed by atoms with E-state index in [0.29, 0.717) is 13.1 Å². The van der Waals surface area contributed by atoms with Crippen molar-refractivity contribution in [2.24, 2.45) is 0 Å². The molecule has 0 saturated carbocycles. The molecule has 172 valence electrons. The summed E-state index contributed by atoms with van der Waals surface area (Å²) in [5, 5.41) is 11.4. The van der Waals surface area contributed by atoms with Gasteiger partial charge in [-0.3, -0.25) is 14.6 Å². The molecule has 1 saturated heterocycles. The first kappa shape index (κ1) is 22.1. The van der Waals surface area contributed by atoms with Crippen LogP contribution in [-0.2, 0) is 4.79 Å². The third-order valence-corrected chi connectivity index (χ3v) is 6.56. The van der Waals surface area contributed by atoms with E-state index >= 15 is 0 Å². The van der Waals surface area contributed by atoms with E-state index in [9.17, 15) is 9.90 Å². The number of nitrogens with zero attached hydrogens (tertiary/aromatic N) is 2. The second kappa shape index (κ2) is 10.1. The fourth-order valence-corrected chi connectivity index (χ4v) is 4.85. The smallest absolute Gasteiger partial charge is 0.325 e. The first-order chi connectivity index (χ1) is 16.7. The summed E-state index contributed by atoms with van der Waals surface area (Å²) in [7, 11) is 0. The molecule has 2 heterocycles. The van der Waals surface area contributed by atoms with Crippen LogP contribution in [0.5, 0.6) is 0 Å². The second-order valence-electron chi connectivity index (χ2n) is 8.72. The van der Waals surface area contributed by atoms with Crippen LogP contribution in [0, 0.1) is 0 Å². The lowest BCUT2D eigenvalue weighted by molar-refractivity contribution is -0.144. The molecule has 0 aliphatic carbocycles. The highest BCUT2D eigenvalue weighted by molar-refractivity contribution is 5.95. The molecular weight excluding hydrogens is 422 g/mol. The highest BCUT2D eigenvalue weighted by atomic mass is 16.4. The van der Waals surface area contributed by atoms with Crippen LogP contribution < -0.4 is 0 Å². The summed E-state index contributed by atoms with van der Waals surface area (Å²) in [5.74, 6) is -0.806. The van der Waals surface area contributed by atoms with Gasteiger partial charge in [-0.1, -0.05) is 91.0 Å². The van der Waals surface area contributed by atoms with Gasteiger partial charge in [0.05, 0.1) is 5.69 Å². The largest absolute Gasteiger partial charge is 0.480 e. The summed E-state index contributed by atoms with van der Waals surface area (Å²) in [4.78, 5) is 20.6. The van der Waals surface area contributed by atoms with Gasteiger partial charge >= 0.3 is 5.97 Å². The number of piperazine rings is 1. The van der Waals surface area contributed by atoms with Crippen LogP contribution in [0.4, 0.5) is 0 Å². The van der Waals surface area contributed by atoms with E-state index in [1.807, 2.05) is 72.8 Å². The molecule has 5 heteroatoms. The van der Waals surface area contributed by atoms with Gasteiger partial charge in [0.2, 0.25) is 0 Å². The van der Waals surface area contributed by atoms with E-state index in [2.05, 4.69) is 39.1 Å². The van der Waals surface area contributed by atoms with E-state index < -0.39 is 12.0 Å². The average molecular weight is 452 g/mol. The number of nitrogens with one attached hydrogen (secondary N) is 1. The molecular formula is C29H29N3O2. The molecule has 3 aromatic carbocycles. The fraction of sp³-hybridized carbons (Fsp3) is 0.207. The van der Waals surface area contributed by atoms with E-state index in [0.717, 1.165) is 47.4 Å². The highest BCUT2D eigenvalue weighted by Gasteiger charge is 2.34. The van der Waals surface area contributed by atoms with Crippen molar-refractivity contribution in [2.75, 3.05) is 32.7 Å². The number of aliphatic carboxylic acids is 1. The lowest BCUT2D eigenvalue weighted by Crippen LogP contribution is -2.49. The van der Waals surface area contributed by atoms with Gasteiger partial charge in [-0.15, -0.1) is 0 Å². The molecule has 1 atom stereocenters. The van der Waals surface area contributed by atoms with Gasteiger partial charge in [0.15, 0.2) is 0 Å². The average Bonchev–Trinajstić information content (AvgIpc) is 3.25. The van der Waals surface area contributed by atoms with Gasteiger partial charge < -0.3 is 10.1 Å². The zero-order valence-electron chi connectivity index (χ0n) is 19.1. The Morgan fingerprint density at radius 2 is 1.53 bits per heavy atom. The topological polar surface area (TPSA) is 59.6 Å². The van der Waals surface area contributed by atoms with Gasteiger partial charge in [-0.25, -0.2) is 0 Å². The monoisotopic (exact) mass is 451 g/mol. The predicted octanol–water partition coefficient (Wildman–Crippen LogP) is 5.29. The first-order valence-corrected chi connectivity index (χ1v) is 11.8. The number of fused-ring (bicyclic) bond motifs is 1. The number of hydrogen-bond acceptors (Lipinski definition) is 3. The molecule has 4 aromatic rings. The van der Waals surface area contributed by atoms with Crippen LogP contribution in [0.15, 0.2) is 91.0 Å². The van der Waals surface area contributed by atoms with E-state index in [1.165, 1.54) is 5.56 Å². The summed E-state index contributed by atoms with van der Waals surface area (Å²) >= 11 is 0. The Kier molecular flexibility index (Phi) is 6.56. The van der Waals surface area contributed by atoms with E-state index in [1.54, 1.807) is 0 Å². The summed E-state index contributed by atoms with van der Waals surface area (Å²) in [6, 6.07) is 27.6. The van der Waals surface area contributed by atoms with Gasteiger partial charge in [0, 0.05) is 49.2 Å². The molecule has 5 nitrogen and oxygen atoms in total. The Morgan fingerprint density at radius 1 is 0.882 bits per heavy atom. The first-order valence-electron chi connectivity index (χ1n) is 11.8. The van der Waals surface area contributed by atoms with Gasteiger partial charge in [0.1, 0.15) is 6.04 Å². The van der Waals surface area contributed by atoms with Crippen LogP contribution in [0.1, 0.15) is 17.2 Å². The third kappa shape index (κ3) is 4.67. The maximum Gasteiger partial charge on any atom is 0.325 e. The number of benzene rings is 3. The number of hydrogen-bond donors (Lipinski definition) is 2. The Bertz CT molecular complexity index is 1270. The quantitative estimate of drug-likeness (QED) is 0.401. The van der Waals surface area contributed by atoms with Crippen LogP contribution >= 0.6 is 0 Å². The fourth-order valence-electron chi connectivity index (χ4n) is 4.85. The lowest BCUT2D eigenvalue weighted by Gasteiger charge is -2.37. The number of para-hydroxylation sites is 1. The van der Waals surface area contributed by atoms with Crippen LogP contribution in [0.25, 0.3) is 28.2 Å². The van der Waals surface area contributed by atoms with E-state index in [4.69, 9.17) is 0 Å². The molecule has 0 bridgehead atoms. The minimum Gasteiger partial charge on any atom is -0.480 e. The Morgan fingerprint density at radius 3 is 2.24 bits per heavy atom. The predicted molar refractivity (Wildman–Crippen MR) is 138 cm³/mol. The van der Waals surface area contributed by atoms with Crippen molar-refractivity contribution < 1.29 is 9.90 Å². The van der Waals surface area contributed by atoms with Crippen LogP contribution in [0.2, 0.25) is 0 Å². The zero-order valence-corrected chi connectivity index (χ0v) is 19.1. The Hall–Kier alpha value is -3.67. The molecule has 1 aliphatic rings. The number of rotatable bonds is 7. The number of carbonyl (C=O) groups is 1. The van der Waals surface area contributed by atoms with Crippen LogP contribution in [0.3, 0.4) is 0 Å². The van der Waals surface area contributed by atoms with Gasteiger partial charge in [-0.05, 0) is 17.2 Å². The normalized spacial score (nSPS) is 16.2. The third-order valence-electron chi connectivity index (χ3n) is 6.56. The molecule has 1 aliphatic heterocycles. The zero-order chi connectivity index (χ0) is 23.3. The number of H-pyrrole nitrogens is 1. The van der Waals surface area contributed by atoms with Crippen molar-refractivity contribution >= 4 is 22.9 Å². The summed E-state index contributed by atoms with van der Waals surface area (Å²) in [5.41, 5.74) is 4.91. The molecule has 1 aromatic heterocycles. The molecule has 0 amide bonds. The van der Waals surface area contributed by atoms with Crippen molar-refractivity contribution in [3.63, 3.8) is 0 Å². The summed E-state index contributed by atoms with van der Waals surface area (Å²) in [6.45, 7) is 3.97. The molecule has 1 unspecified atom stereocenters. The van der Waals surface area contributed by atoms with Crippen molar-refractivity contribution in [1.29, 1.82) is 0 Å². The molecule has 0 spiro atoms. The lowest BCUT2D eigenvalue weighted by atomic mass is 9.97. The molecule has 5 rings (SSSR count). The molecule has 0 radical (unpaired) electrons. The van der Waals surface area contributed by atoms with Gasteiger partial charge in [-0.2, -0.15) is 0 Å². The molecule has 1 fully saturated rings. The number of aromatic nitrogens is 1. The highest BCUT2D eigenvalue weighted by Crippen LogP contribution is 2.37. The number of carboxylic acid groups (broad SMARTS) is 1. The van der Waals surface area contributed by atoms with Crippen molar-refractivity contribution in [3.05, 3.63) is 102 Å². The standard InChI is InChI=1S/C29H29N3O2/c33-29(34)28(32-20-18-31(19-21-32)17-9-12-22-10-3-1-4-11-22)26-24-15-7-8-16-25(24)30-27(26)23-13-5-2-6-14-23/h1-16,28,30H,17-21H2,(H,33,34)/b12-9+. The molecule has 2 N–H and O–H groups in total. The van der Waals surface area contributed by atoms with Gasteiger partial charge in [0.25, 0.3) is 0 Å². The Balaban J connectivity index is 1.37. The number of aromatic amines is 1. The molecule has 34 heavy (non-hydrogen) atoms. The van der Waals surface area contributed by atoms with E-state index in [-0.39, 0.29) is 0 Å². The second-order valence-corrected chi connectivity index (χ2v) is 8.72. The minimum atomic E-state index is -0.806.